The molecule has 0 aliphatic carbocycles. The second kappa shape index (κ2) is 6.55. The van der Waals surface area contributed by atoms with E-state index in [1.165, 1.54) is 12.8 Å². The Kier molecular flexibility index (Phi) is 4.09. The number of ether oxygens (including phenoxy) is 1. The van der Waals surface area contributed by atoms with Crippen molar-refractivity contribution in [2.75, 3.05) is 0 Å². The van der Waals surface area contributed by atoms with Crippen molar-refractivity contribution in [3.05, 3.63) is 47.7 Å². The van der Waals surface area contributed by atoms with Crippen molar-refractivity contribution in [3.63, 3.8) is 0 Å². The van der Waals surface area contributed by atoms with Gasteiger partial charge in [0.2, 0.25) is 0 Å². The number of hydrogen-bond acceptors (Lipinski definition) is 5. The Morgan fingerprint density at radius 2 is 1.76 bits per heavy atom. The summed E-state index contributed by atoms with van der Waals surface area (Å²) in [6, 6.07) is 14.4. The van der Waals surface area contributed by atoms with Crippen LogP contribution in [-0.2, 0) is 0 Å². The number of benzene rings is 1. The average Bonchev–Trinajstić information content (AvgIpc) is 2.99. The average molecular weight is 330 g/mol. The maximum Gasteiger partial charge on any atom is 0.121 e. The standard InChI is InChI=1S/C20H18N4O/c21-10-13-1-4-20(23-12-13)15-5-14(11-22)6-18(7-15)25-19-8-16-2-3-17(9-19)24-16/h1,4-7,12,16-17,19,24H,2-3,8-9H2/t16-,17+,19-. The summed E-state index contributed by atoms with van der Waals surface area (Å²) >= 11 is 0. The molecule has 2 saturated heterocycles. The summed E-state index contributed by atoms with van der Waals surface area (Å²) in [6.45, 7) is 0. The third-order valence-corrected chi connectivity index (χ3v) is 4.96. The molecule has 2 bridgehead atoms. The van der Waals surface area contributed by atoms with Crippen LogP contribution in [0.4, 0.5) is 0 Å². The number of nitrogens with one attached hydrogen (secondary N) is 1. The Morgan fingerprint density at radius 3 is 2.40 bits per heavy atom. The van der Waals surface area contributed by atoms with Crippen LogP contribution in [0.5, 0.6) is 5.75 Å². The molecule has 0 amide bonds. The Bertz CT molecular complexity index is 851. The third-order valence-electron chi connectivity index (χ3n) is 4.96. The van der Waals surface area contributed by atoms with Crippen LogP contribution in [-0.4, -0.2) is 23.2 Å². The van der Waals surface area contributed by atoms with E-state index in [1.54, 1.807) is 30.5 Å². The number of aromatic nitrogens is 1. The van der Waals surface area contributed by atoms with Crippen molar-refractivity contribution in [3.8, 4) is 29.1 Å². The molecule has 2 aromatic rings. The molecule has 5 nitrogen and oxygen atoms in total. The summed E-state index contributed by atoms with van der Waals surface area (Å²) in [5.74, 6) is 0.714. The van der Waals surface area contributed by atoms with E-state index in [2.05, 4.69) is 22.4 Å². The van der Waals surface area contributed by atoms with Gasteiger partial charge < -0.3 is 10.1 Å². The minimum atomic E-state index is 0.189. The van der Waals surface area contributed by atoms with Gasteiger partial charge in [-0.1, -0.05) is 0 Å². The lowest BCUT2D eigenvalue weighted by molar-refractivity contribution is 0.137. The maximum absolute atomic E-state index is 9.34. The molecule has 124 valence electrons. The molecule has 0 spiro atoms. The van der Waals surface area contributed by atoms with E-state index in [-0.39, 0.29) is 6.10 Å². The van der Waals surface area contributed by atoms with Crippen LogP contribution in [0, 0.1) is 22.7 Å². The SMILES string of the molecule is N#Cc1ccc(-c2cc(C#N)cc(O[C@@H]3C[C@H]4CC[C@@H](C3)N4)c2)nc1. The summed E-state index contributed by atoms with van der Waals surface area (Å²) < 4.78 is 6.21. The molecule has 2 aliphatic heterocycles. The number of rotatable bonds is 3. The number of fused-ring (bicyclic) bond motifs is 2. The lowest BCUT2D eigenvalue weighted by Gasteiger charge is -2.29. The quantitative estimate of drug-likeness (QED) is 0.935. The van der Waals surface area contributed by atoms with Crippen molar-refractivity contribution in [1.82, 2.24) is 10.3 Å². The molecule has 0 saturated carbocycles. The minimum Gasteiger partial charge on any atom is -0.490 e. The van der Waals surface area contributed by atoms with E-state index in [0.717, 1.165) is 24.1 Å². The molecular weight excluding hydrogens is 312 g/mol. The molecule has 3 atom stereocenters. The van der Waals surface area contributed by atoms with Gasteiger partial charge in [-0.2, -0.15) is 10.5 Å². The summed E-state index contributed by atoms with van der Waals surface area (Å²) in [5, 5.41) is 21.8. The van der Waals surface area contributed by atoms with Crippen LogP contribution >= 0.6 is 0 Å². The largest absolute Gasteiger partial charge is 0.490 e. The molecule has 2 aliphatic rings. The molecule has 4 rings (SSSR count). The zero-order valence-electron chi connectivity index (χ0n) is 13.8. The zero-order chi connectivity index (χ0) is 17.2. The summed E-state index contributed by atoms with van der Waals surface area (Å²) in [4.78, 5) is 4.32. The van der Waals surface area contributed by atoms with Gasteiger partial charge in [0, 0.05) is 23.8 Å². The van der Waals surface area contributed by atoms with Gasteiger partial charge in [-0.15, -0.1) is 0 Å². The molecule has 25 heavy (non-hydrogen) atoms. The van der Waals surface area contributed by atoms with Gasteiger partial charge >= 0.3 is 0 Å². The summed E-state index contributed by atoms with van der Waals surface area (Å²) in [5.41, 5.74) is 2.62. The van der Waals surface area contributed by atoms with Crippen molar-refractivity contribution in [2.45, 2.75) is 43.9 Å². The van der Waals surface area contributed by atoms with Gasteiger partial charge in [0.25, 0.3) is 0 Å². The Hall–Kier alpha value is -2.89. The highest BCUT2D eigenvalue weighted by atomic mass is 16.5. The Morgan fingerprint density at radius 1 is 1.00 bits per heavy atom. The first-order chi connectivity index (χ1) is 12.2. The van der Waals surface area contributed by atoms with Gasteiger partial charge in [0.05, 0.1) is 22.9 Å². The van der Waals surface area contributed by atoms with Crippen LogP contribution in [0.25, 0.3) is 11.3 Å². The lowest BCUT2D eigenvalue weighted by Crippen LogP contribution is -2.42. The topological polar surface area (TPSA) is 81.7 Å². The molecule has 0 radical (unpaired) electrons. The van der Waals surface area contributed by atoms with Crippen LogP contribution in [0.15, 0.2) is 36.5 Å². The highest BCUT2D eigenvalue weighted by Crippen LogP contribution is 2.31. The predicted molar refractivity (Wildman–Crippen MR) is 92.7 cm³/mol. The number of nitrogens with zero attached hydrogens (tertiary/aromatic N) is 3. The lowest BCUT2D eigenvalue weighted by atomic mass is 10.0. The maximum atomic E-state index is 9.34. The van der Waals surface area contributed by atoms with E-state index >= 15 is 0 Å². The molecule has 0 unspecified atom stereocenters. The summed E-state index contributed by atoms with van der Waals surface area (Å²) in [7, 11) is 0. The molecule has 1 aromatic heterocycles. The fourth-order valence-electron chi connectivity index (χ4n) is 3.80. The van der Waals surface area contributed by atoms with Gasteiger partial charge in [-0.25, -0.2) is 0 Å². The highest BCUT2D eigenvalue weighted by molar-refractivity contribution is 5.64. The molecule has 1 aromatic carbocycles. The van der Waals surface area contributed by atoms with Crippen molar-refractivity contribution >= 4 is 0 Å². The van der Waals surface area contributed by atoms with E-state index in [9.17, 15) is 5.26 Å². The second-order valence-electron chi connectivity index (χ2n) is 6.75. The number of nitriles is 2. The smallest absolute Gasteiger partial charge is 0.121 e. The second-order valence-corrected chi connectivity index (χ2v) is 6.75. The van der Waals surface area contributed by atoms with Crippen LogP contribution in [0.1, 0.15) is 36.8 Å². The molecule has 3 heterocycles. The first-order valence-electron chi connectivity index (χ1n) is 8.58. The van der Waals surface area contributed by atoms with Crippen LogP contribution < -0.4 is 10.1 Å². The van der Waals surface area contributed by atoms with Gasteiger partial charge in [0.1, 0.15) is 17.9 Å². The number of pyridine rings is 1. The number of piperidine rings is 1. The fourth-order valence-corrected chi connectivity index (χ4v) is 3.80. The first kappa shape index (κ1) is 15.6. The Balaban J connectivity index is 1.60. The van der Waals surface area contributed by atoms with Gasteiger partial charge in [0.15, 0.2) is 0 Å². The normalized spacial score (nSPS) is 24.3. The van der Waals surface area contributed by atoms with Crippen LogP contribution in [0.2, 0.25) is 0 Å². The van der Waals surface area contributed by atoms with E-state index in [4.69, 9.17) is 10.00 Å². The van der Waals surface area contributed by atoms with E-state index in [1.807, 2.05) is 6.07 Å². The van der Waals surface area contributed by atoms with E-state index < -0.39 is 0 Å². The van der Waals surface area contributed by atoms with Crippen molar-refractivity contribution in [1.29, 1.82) is 10.5 Å². The Labute approximate surface area is 146 Å². The minimum absolute atomic E-state index is 0.189. The fraction of sp³-hybridized carbons (Fsp3) is 0.350. The van der Waals surface area contributed by atoms with Crippen molar-refractivity contribution in [2.24, 2.45) is 0 Å². The molecule has 1 N–H and O–H groups in total. The first-order valence-corrected chi connectivity index (χ1v) is 8.58. The third kappa shape index (κ3) is 3.33. The highest BCUT2D eigenvalue weighted by Gasteiger charge is 2.34. The van der Waals surface area contributed by atoms with Gasteiger partial charge in [-0.3, -0.25) is 4.98 Å². The van der Waals surface area contributed by atoms with E-state index in [0.29, 0.717) is 29.0 Å². The van der Waals surface area contributed by atoms with Crippen LogP contribution in [0.3, 0.4) is 0 Å². The van der Waals surface area contributed by atoms with Crippen molar-refractivity contribution < 1.29 is 4.74 Å². The summed E-state index contributed by atoms with van der Waals surface area (Å²) in [6.07, 6.45) is 6.20. The monoisotopic (exact) mass is 330 g/mol. The number of hydrogen-bond donors (Lipinski definition) is 1. The molecule has 2 fully saturated rings. The predicted octanol–water partition coefficient (Wildman–Crippen LogP) is 3.15. The van der Waals surface area contributed by atoms with Gasteiger partial charge in [-0.05, 0) is 56.0 Å². The molecule has 5 heteroatoms. The zero-order valence-corrected chi connectivity index (χ0v) is 13.8. The molecular formula is C20H18N4O.